The van der Waals surface area contributed by atoms with Crippen molar-refractivity contribution in [3.8, 4) is 56.4 Å². The second-order valence-electron chi connectivity index (χ2n) is 29.0. The van der Waals surface area contributed by atoms with Gasteiger partial charge in [-0.05, 0) is 224 Å². The van der Waals surface area contributed by atoms with Crippen LogP contribution in [0.4, 0.5) is 0 Å². The van der Waals surface area contributed by atoms with Gasteiger partial charge >= 0.3 is 0 Å². The highest BCUT2D eigenvalue weighted by atomic mass is 16.5. The van der Waals surface area contributed by atoms with Gasteiger partial charge in [0.15, 0.2) is 0 Å². The zero-order chi connectivity index (χ0) is 58.0. The fourth-order valence-corrected chi connectivity index (χ4v) is 19.8. The summed E-state index contributed by atoms with van der Waals surface area (Å²) in [6.07, 6.45) is 23.2. The first-order chi connectivity index (χ1) is 40.5. The van der Waals surface area contributed by atoms with Crippen LogP contribution in [0.5, 0.6) is 23.0 Å². The van der Waals surface area contributed by atoms with Gasteiger partial charge in [-0.15, -0.1) is 0 Å². The molecular formula is C80H86O4. The molecule has 4 heteroatoms. The molecule has 4 nitrogen and oxygen atoms in total. The van der Waals surface area contributed by atoms with Crippen LogP contribution in [0.15, 0.2) is 158 Å². The molecule has 0 aliphatic heterocycles. The molecule has 3 N–H and O–H groups in total. The molecule has 84 heavy (non-hydrogen) atoms. The van der Waals surface area contributed by atoms with E-state index in [2.05, 4.69) is 169 Å². The number of methoxy groups -OCH3 is 1. The van der Waals surface area contributed by atoms with Gasteiger partial charge in [0.1, 0.15) is 23.0 Å². The minimum atomic E-state index is -0.0528. The van der Waals surface area contributed by atoms with Crippen molar-refractivity contribution in [2.45, 2.75) is 173 Å². The molecule has 430 valence electrons. The fourth-order valence-electron chi connectivity index (χ4n) is 19.8. The Morgan fingerprint density at radius 2 is 0.738 bits per heavy atom. The van der Waals surface area contributed by atoms with Crippen LogP contribution in [-0.2, 0) is 16.2 Å². The van der Waals surface area contributed by atoms with E-state index in [1.54, 1.807) is 7.11 Å². The van der Waals surface area contributed by atoms with Crippen LogP contribution in [0, 0.1) is 21.7 Å². The van der Waals surface area contributed by atoms with E-state index in [-0.39, 0.29) is 27.1 Å². The van der Waals surface area contributed by atoms with Crippen molar-refractivity contribution in [1.82, 2.24) is 0 Å². The van der Waals surface area contributed by atoms with Crippen molar-refractivity contribution in [2.24, 2.45) is 21.7 Å². The third kappa shape index (κ3) is 8.40. The lowest BCUT2D eigenvalue weighted by molar-refractivity contribution is 0.0645. The zero-order valence-electron chi connectivity index (χ0n) is 51.0. The highest BCUT2D eigenvalue weighted by Gasteiger charge is 2.55. The summed E-state index contributed by atoms with van der Waals surface area (Å²) in [5.74, 6) is 2.00. The predicted octanol–water partition coefficient (Wildman–Crippen LogP) is 21.6. The highest BCUT2D eigenvalue weighted by Crippen LogP contribution is 2.67. The minimum Gasteiger partial charge on any atom is -0.507 e. The molecule has 0 atom stereocenters. The smallest absolute Gasteiger partial charge is 0.123 e. The molecule has 0 heterocycles. The number of ether oxygens (including phenoxy) is 1. The largest absolute Gasteiger partial charge is 0.507 e. The first kappa shape index (κ1) is 54.9. The Morgan fingerprint density at radius 1 is 0.357 bits per heavy atom. The molecule has 7 aliphatic rings. The summed E-state index contributed by atoms with van der Waals surface area (Å²) in [7, 11) is 1.67. The van der Waals surface area contributed by atoms with E-state index in [0.29, 0.717) is 28.1 Å². The molecule has 16 rings (SSSR count). The third-order valence-corrected chi connectivity index (χ3v) is 23.3. The van der Waals surface area contributed by atoms with Gasteiger partial charge in [-0.3, -0.25) is 0 Å². The Balaban J connectivity index is 0.000000112. The van der Waals surface area contributed by atoms with Crippen LogP contribution in [-0.4, -0.2) is 22.4 Å². The number of aromatic hydroxyl groups is 3. The van der Waals surface area contributed by atoms with Crippen molar-refractivity contribution < 1.29 is 20.1 Å². The molecule has 0 saturated heterocycles. The van der Waals surface area contributed by atoms with Crippen LogP contribution < -0.4 is 4.74 Å². The predicted molar refractivity (Wildman–Crippen MR) is 349 cm³/mol. The molecule has 4 spiro atoms. The van der Waals surface area contributed by atoms with E-state index in [1.165, 1.54) is 180 Å². The normalized spacial score (nSPS) is 20.5. The third-order valence-electron chi connectivity index (χ3n) is 23.3. The standard InChI is InChI=1S/C27H30O2.C27H28O.C26H28O/c1-25(2)14-26(3,4)16-27(15-25)21-9-7-6-8-19(21)24-18-11-10-17(29-5)12-20(18)23(28)13-22(24)27;28-24-18-23-25(20-9-3-2-8-19(20)24)21-10-4-5-11-22(21)27(23)16-14-26(15-17-27)12-6-1-7-13-26;1-3-25(4-2)13-15-26(16-14-25)21-12-8-7-11-20(21)24-19-10-6-5-9-18(19)23(27)17-22(24)26/h6-13,28H,14-16H2,1-5H3;2-5,8-11,18,28H,1,6-7,12-17H2;5-12,17,27H,3-4,13-16H2,1-2H3. The van der Waals surface area contributed by atoms with E-state index >= 15 is 0 Å². The summed E-state index contributed by atoms with van der Waals surface area (Å²) in [5.41, 5.74) is 18.3. The molecule has 7 aliphatic carbocycles. The van der Waals surface area contributed by atoms with Crippen molar-refractivity contribution in [3.63, 3.8) is 0 Å². The monoisotopic (exact) mass is 1110 g/mol. The van der Waals surface area contributed by atoms with E-state index in [0.717, 1.165) is 40.1 Å². The lowest BCUT2D eigenvalue weighted by Crippen LogP contribution is -2.43. The van der Waals surface area contributed by atoms with Crippen molar-refractivity contribution in [1.29, 1.82) is 0 Å². The van der Waals surface area contributed by atoms with E-state index in [9.17, 15) is 15.3 Å². The van der Waals surface area contributed by atoms with Crippen molar-refractivity contribution >= 4 is 32.3 Å². The minimum absolute atomic E-state index is 0.0528. The molecule has 0 bridgehead atoms. The van der Waals surface area contributed by atoms with Crippen LogP contribution in [0.2, 0.25) is 0 Å². The Hall–Kier alpha value is -7.04. The van der Waals surface area contributed by atoms with E-state index in [1.807, 2.05) is 30.3 Å². The number of benzene rings is 9. The molecule has 4 fully saturated rings. The lowest BCUT2D eigenvalue weighted by atomic mass is 9.52. The summed E-state index contributed by atoms with van der Waals surface area (Å²) < 4.78 is 5.42. The number of hydrogen-bond donors (Lipinski definition) is 3. The van der Waals surface area contributed by atoms with Crippen LogP contribution in [0.3, 0.4) is 0 Å². The summed E-state index contributed by atoms with van der Waals surface area (Å²) >= 11 is 0. The Morgan fingerprint density at radius 3 is 1.19 bits per heavy atom. The fraction of sp³-hybridized carbons (Fsp3) is 0.400. The van der Waals surface area contributed by atoms with Gasteiger partial charge in [0.05, 0.1) is 7.11 Å². The summed E-state index contributed by atoms with van der Waals surface area (Å²) in [6.45, 7) is 14.3. The average Bonchev–Trinajstić information content (AvgIpc) is 1.85. The van der Waals surface area contributed by atoms with Crippen LogP contribution >= 0.6 is 0 Å². The molecule has 9 aromatic rings. The number of rotatable bonds is 3. The van der Waals surface area contributed by atoms with Gasteiger partial charge in [0.2, 0.25) is 0 Å². The van der Waals surface area contributed by atoms with Crippen molar-refractivity contribution in [2.75, 3.05) is 7.11 Å². The number of phenols is 3. The van der Waals surface area contributed by atoms with E-state index in [4.69, 9.17) is 4.74 Å². The molecule has 0 aromatic heterocycles. The van der Waals surface area contributed by atoms with Crippen molar-refractivity contribution in [3.05, 3.63) is 191 Å². The molecule has 4 saturated carbocycles. The maximum absolute atomic E-state index is 11.1. The van der Waals surface area contributed by atoms with Crippen LogP contribution in [0.1, 0.15) is 190 Å². The average molecular weight is 1110 g/mol. The highest BCUT2D eigenvalue weighted by molar-refractivity contribution is 6.08. The summed E-state index contributed by atoms with van der Waals surface area (Å²) in [6, 6.07) is 55.9. The first-order valence-electron chi connectivity index (χ1n) is 32.2. The maximum Gasteiger partial charge on any atom is 0.123 e. The summed E-state index contributed by atoms with van der Waals surface area (Å²) in [5, 5.41) is 39.1. The quantitative estimate of drug-likeness (QED) is 0.165. The van der Waals surface area contributed by atoms with Gasteiger partial charge in [0.25, 0.3) is 0 Å². The molecule has 0 radical (unpaired) electrons. The molecule has 0 amide bonds. The summed E-state index contributed by atoms with van der Waals surface area (Å²) in [4.78, 5) is 0. The number of fused-ring (bicyclic) bond motifs is 21. The molecule has 0 unspecified atom stereocenters. The van der Waals surface area contributed by atoms with Crippen LogP contribution in [0.25, 0.3) is 65.7 Å². The topological polar surface area (TPSA) is 69.9 Å². The number of hydrogen-bond acceptors (Lipinski definition) is 4. The van der Waals surface area contributed by atoms with Gasteiger partial charge in [0, 0.05) is 32.4 Å². The Bertz CT molecular complexity index is 4030. The Kier molecular flexibility index (Phi) is 13.1. The van der Waals surface area contributed by atoms with Gasteiger partial charge in [-0.1, -0.05) is 195 Å². The zero-order valence-corrected chi connectivity index (χ0v) is 51.0. The first-order valence-corrected chi connectivity index (χ1v) is 32.2. The SMILES string of the molecule is CCC1(CC)CCC2(CC1)c1ccccc1-c1c2cc(O)c2ccccc12.COc1ccc2c3c(cc(O)c2c1)C1(CC(C)(C)CC(C)(C)C1)c1ccccc1-3.Oc1cc2c(c3ccccc13)-c1ccccc1C21CCC2(CCCCC2)CC1. The molecule has 9 aromatic carbocycles. The Labute approximate surface area is 499 Å². The second kappa shape index (κ2) is 20.0. The lowest BCUT2D eigenvalue weighted by Gasteiger charge is -2.51. The van der Waals surface area contributed by atoms with Gasteiger partial charge in [-0.25, -0.2) is 0 Å². The van der Waals surface area contributed by atoms with Gasteiger partial charge in [-0.2, -0.15) is 0 Å². The van der Waals surface area contributed by atoms with E-state index < -0.39 is 0 Å². The molecular weight excluding hydrogens is 1020 g/mol. The second-order valence-corrected chi connectivity index (χ2v) is 29.0. The number of phenolic OH excluding ortho intramolecular Hbond substituents is 3. The van der Waals surface area contributed by atoms with Gasteiger partial charge < -0.3 is 20.1 Å². The maximum atomic E-state index is 11.1.